The molecule has 3 aromatic rings. The number of nitrogens with zero attached hydrogens (tertiary/aromatic N) is 3. The van der Waals surface area contributed by atoms with E-state index < -0.39 is 0 Å². The van der Waals surface area contributed by atoms with E-state index in [1.165, 1.54) is 11.3 Å². The number of hydrogen-bond donors (Lipinski definition) is 0. The number of carbonyl (C=O) groups excluding carboxylic acids is 1. The lowest BCUT2D eigenvalue weighted by Gasteiger charge is -2.25. The summed E-state index contributed by atoms with van der Waals surface area (Å²) in [6, 6.07) is 11.0. The summed E-state index contributed by atoms with van der Waals surface area (Å²) in [6.45, 7) is 2.44. The van der Waals surface area contributed by atoms with Gasteiger partial charge in [0.05, 0.1) is 4.53 Å². The number of fused-ring (bicyclic) bond motifs is 1. The van der Waals surface area contributed by atoms with Gasteiger partial charge in [0.1, 0.15) is 19.1 Å². The van der Waals surface area contributed by atoms with Crippen LogP contribution in [-0.4, -0.2) is 17.0 Å². The number of hydrogen-bond acceptors (Lipinski definition) is 6. The van der Waals surface area contributed by atoms with Crippen molar-refractivity contribution in [2.24, 2.45) is 4.99 Å². The molecule has 26 heavy (non-hydrogen) atoms. The van der Waals surface area contributed by atoms with Crippen LogP contribution in [0.2, 0.25) is 0 Å². The number of Topliss-reactive ketones (excluding diaryl/α,β-unsaturated/α-hetero) is 1. The molecule has 132 valence electrons. The lowest BCUT2D eigenvalue weighted by atomic mass is 10.1. The third kappa shape index (κ3) is 3.26. The summed E-state index contributed by atoms with van der Waals surface area (Å²) >= 11 is 3.46. The van der Waals surface area contributed by atoms with Crippen LogP contribution in [0.3, 0.4) is 0 Å². The van der Waals surface area contributed by atoms with E-state index in [0.717, 1.165) is 9.45 Å². The van der Waals surface area contributed by atoms with E-state index in [1.54, 1.807) is 29.7 Å². The first kappa shape index (κ1) is 17.2. The highest BCUT2D eigenvalue weighted by Gasteiger charge is 2.16. The Labute approximate surface area is 166 Å². The molecule has 1 aliphatic rings. The van der Waals surface area contributed by atoms with Gasteiger partial charge >= 0.3 is 0 Å². The van der Waals surface area contributed by atoms with Crippen molar-refractivity contribution in [3.63, 3.8) is 0 Å². The Balaban J connectivity index is 1.66. The quantitative estimate of drug-likeness (QED) is 0.427. The Morgan fingerprint density at radius 2 is 2.04 bits per heavy atom. The summed E-state index contributed by atoms with van der Waals surface area (Å²) in [5.74, 6) is 0.686. The molecule has 0 atom stereocenters. The summed E-state index contributed by atoms with van der Waals surface area (Å²) in [5.41, 5.74) is 1.51. The number of aromatic nitrogens is 1. The van der Waals surface area contributed by atoms with Gasteiger partial charge in [0, 0.05) is 17.3 Å². The smallest absolute Gasteiger partial charge is 0.271 e. The zero-order chi connectivity index (χ0) is 18.3. The van der Waals surface area contributed by atoms with Crippen LogP contribution < -0.4 is 19.8 Å². The fraction of sp³-hybridized carbons (Fsp3) is 0.167. The van der Waals surface area contributed by atoms with Crippen molar-refractivity contribution in [1.29, 1.82) is 0 Å². The molecule has 1 aromatic carbocycles. The number of ketones is 1. The normalized spacial score (nSPS) is 14.2. The molecule has 0 unspecified atom stereocenters. The lowest BCUT2D eigenvalue weighted by Crippen LogP contribution is -2.42. The molecule has 0 fully saturated rings. The van der Waals surface area contributed by atoms with E-state index >= 15 is 0 Å². The maximum Gasteiger partial charge on any atom is 0.271 e. The van der Waals surface area contributed by atoms with Crippen LogP contribution in [-0.2, 0) is 6.67 Å². The van der Waals surface area contributed by atoms with Gasteiger partial charge in [-0.3, -0.25) is 14.2 Å². The first-order valence-electron chi connectivity index (χ1n) is 7.88. The number of halogens is 1. The number of rotatable bonds is 3. The van der Waals surface area contributed by atoms with Gasteiger partial charge in [-0.2, -0.15) is 0 Å². The van der Waals surface area contributed by atoms with Crippen LogP contribution in [0.15, 0.2) is 50.6 Å². The van der Waals surface area contributed by atoms with Crippen LogP contribution in [0.1, 0.15) is 23.0 Å². The average Bonchev–Trinajstić information content (AvgIpc) is 3.18. The van der Waals surface area contributed by atoms with Gasteiger partial charge in [0.2, 0.25) is 0 Å². The van der Waals surface area contributed by atoms with Crippen LogP contribution >= 0.6 is 33.9 Å². The molecule has 8 heteroatoms. The molecule has 0 saturated carbocycles. The molecule has 1 aliphatic heterocycles. The summed E-state index contributed by atoms with van der Waals surface area (Å²) in [5, 5.41) is 0. The maximum absolute atomic E-state index is 12.7. The van der Waals surface area contributed by atoms with E-state index in [-0.39, 0.29) is 11.3 Å². The number of furan rings is 1. The van der Waals surface area contributed by atoms with Gasteiger partial charge in [-0.25, -0.2) is 4.99 Å². The van der Waals surface area contributed by atoms with Gasteiger partial charge in [0.15, 0.2) is 14.4 Å². The van der Waals surface area contributed by atoms with Crippen LogP contribution in [0.4, 0.5) is 5.69 Å². The van der Waals surface area contributed by atoms with E-state index in [2.05, 4.69) is 27.6 Å². The average molecular weight is 479 g/mol. The molecule has 0 spiro atoms. The highest BCUT2D eigenvalue weighted by atomic mass is 127. The second-order valence-corrected chi connectivity index (χ2v) is 7.92. The summed E-state index contributed by atoms with van der Waals surface area (Å²) in [7, 11) is 0. The lowest BCUT2D eigenvalue weighted by molar-refractivity contribution is 0.101. The monoisotopic (exact) mass is 479 g/mol. The molecule has 0 aliphatic carbocycles. The van der Waals surface area contributed by atoms with E-state index in [9.17, 15) is 9.59 Å². The van der Waals surface area contributed by atoms with Gasteiger partial charge in [-0.1, -0.05) is 11.3 Å². The predicted octanol–water partition coefficient (Wildman–Crippen LogP) is 2.19. The SMILES string of the molecule is CC(=O)c1ccc(N2CN=c3s/c(=C\c4ccc(I)o4)c(=O)n3C2)cc1. The van der Waals surface area contributed by atoms with Crippen LogP contribution in [0, 0.1) is 3.77 Å². The van der Waals surface area contributed by atoms with Gasteiger partial charge in [0.25, 0.3) is 5.56 Å². The Kier molecular flexibility index (Phi) is 4.53. The summed E-state index contributed by atoms with van der Waals surface area (Å²) in [6.07, 6.45) is 1.75. The second kappa shape index (κ2) is 6.84. The number of anilines is 1. The van der Waals surface area contributed by atoms with Gasteiger partial charge < -0.3 is 9.32 Å². The van der Waals surface area contributed by atoms with E-state index in [4.69, 9.17) is 4.42 Å². The van der Waals surface area contributed by atoms with Crippen molar-refractivity contribution in [3.8, 4) is 0 Å². The number of benzene rings is 1. The highest BCUT2D eigenvalue weighted by Crippen LogP contribution is 2.17. The van der Waals surface area contributed by atoms with E-state index in [0.29, 0.717) is 34.0 Å². The Bertz CT molecular complexity index is 1160. The largest absolute Gasteiger partial charge is 0.451 e. The zero-order valence-corrected chi connectivity index (χ0v) is 16.8. The Hall–Kier alpha value is -2.20. The zero-order valence-electron chi connectivity index (χ0n) is 13.8. The third-order valence-corrected chi connectivity index (χ3v) is 5.71. The van der Waals surface area contributed by atoms with Crippen molar-refractivity contribution < 1.29 is 9.21 Å². The predicted molar refractivity (Wildman–Crippen MR) is 108 cm³/mol. The first-order chi connectivity index (χ1) is 12.5. The van der Waals surface area contributed by atoms with Crippen molar-refractivity contribution >= 4 is 51.5 Å². The molecule has 6 nitrogen and oxygen atoms in total. The van der Waals surface area contributed by atoms with Crippen molar-refractivity contribution in [1.82, 2.24) is 4.57 Å². The molecule has 2 aromatic heterocycles. The molecule has 4 rings (SSSR count). The first-order valence-corrected chi connectivity index (χ1v) is 9.78. The Morgan fingerprint density at radius 3 is 2.69 bits per heavy atom. The maximum atomic E-state index is 12.7. The number of carbonyl (C=O) groups is 1. The van der Waals surface area contributed by atoms with Crippen molar-refractivity contribution in [2.45, 2.75) is 13.6 Å². The summed E-state index contributed by atoms with van der Waals surface area (Å²) in [4.78, 5) is 31.3. The van der Waals surface area contributed by atoms with Crippen LogP contribution in [0.5, 0.6) is 0 Å². The summed E-state index contributed by atoms with van der Waals surface area (Å²) < 4.78 is 8.55. The van der Waals surface area contributed by atoms with Crippen LogP contribution in [0.25, 0.3) is 6.08 Å². The molecule has 0 bridgehead atoms. The Morgan fingerprint density at radius 1 is 1.27 bits per heavy atom. The number of thiazole rings is 1. The van der Waals surface area contributed by atoms with Crippen molar-refractivity contribution in [2.75, 3.05) is 11.6 Å². The fourth-order valence-corrected chi connectivity index (χ4v) is 4.09. The molecular formula is C18H14IN3O3S. The molecule has 0 N–H and O–H groups in total. The minimum Gasteiger partial charge on any atom is -0.451 e. The molecule has 0 radical (unpaired) electrons. The van der Waals surface area contributed by atoms with E-state index in [1.807, 2.05) is 29.2 Å². The minimum absolute atomic E-state index is 0.0315. The minimum atomic E-state index is -0.0785. The molecule has 0 amide bonds. The van der Waals surface area contributed by atoms with Crippen molar-refractivity contribution in [3.05, 3.63) is 71.2 Å². The fourth-order valence-electron chi connectivity index (χ4n) is 2.72. The third-order valence-electron chi connectivity index (χ3n) is 4.08. The molecule has 3 heterocycles. The topological polar surface area (TPSA) is 67.8 Å². The highest BCUT2D eigenvalue weighted by molar-refractivity contribution is 14.1. The van der Waals surface area contributed by atoms with Gasteiger partial charge in [-0.15, -0.1) is 0 Å². The standard InChI is InChI=1S/C18H14IN3O3S/c1-11(23)12-2-4-13(5-3-12)21-9-20-18-22(10-21)17(24)15(26-18)8-14-6-7-16(19)25-14/h2-8H,9-10H2,1H3/b15-8-. The molecular weight excluding hydrogens is 465 g/mol. The molecule has 0 saturated heterocycles. The second-order valence-electron chi connectivity index (χ2n) is 5.85. The van der Waals surface area contributed by atoms with Gasteiger partial charge in [-0.05, 0) is 65.9 Å².